The topological polar surface area (TPSA) is 24.5 Å². The second-order valence-corrected chi connectivity index (χ2v) is 4.98. The molecule has 100 valence electrons. The van der Waals surface area contributed by atoms with Crippen LogP contribution in [0.3, 0.4) is 0 Å². The third-order valence-electron chi connectivity index (χ3n) is 3.56. The van der Waals surface area contributed by atoms with E-state index >= 15 is 0 Å². The SMILES string of the molecule is CCNC1CCCN(Cc2ccc(OC)cc2)C1. The molecule has 1 heterocycles. The molecule has 18 heavy (non-hydrogen) atoms. The van der Waals surface area contributed by atoms with Crippen molar-refractivity contribution >= 4 is 0 Å². The number of hydrogen-bond acceptors (Lipinski definition) is 3. The Labute approximate surface area is 110 Å². The van der Waals surface area contributed by atoms with Crippen LogP contribution in [0.1, 0.15) is 25.3 Å². The minimum absolute atomic E-state index is 0.669. The highest BCUT2D eigenvalue weighted by molar-refractivity contribution is 5.27. The summed E-state index contributed by atoms with van der Waals surface area (Å²) in [6.07, 6.45) is 2.61. The van der Waals surface area contributed by atoms with Crippen molar-refractivity contribution in [3.05, 3.63) is 29.8 Å². The predicted octanol–water partition coefficient (Wildman–Crippen LogP) is 2.27. The van der Waals surface area contributed by atoms with Gasteiger partial charge in [0, 0.05) is 19.1 Å². The lowest BCUT2D eigenvalue weighted by Crippen LogP contribution is -2.45. The Hall–Kier alpha value is -1.06. The van der Waals surface area contributed by atoms with Crippen LogP contribution < -0.4 is 10.1 Å². The molecule has 1 aliphatic rings. The second kappa shape index (κ2) is 6.76. The summed E-state index contributed by atoms with van der Waals surface area (Å²) >= 11 is 0. The van der Waals surface area contributed by atoms with E-state index < -0.39 is 0 Å². The first-order valence-electron chi connectivity index (χ1n) is 6.90. The summed E-state index contributed by atoms with van der Waals surface area (Å²) in [6.45, 7) is 6.68. The van der Waals surface area contributed by atoms with E-state index in [1.807, 2.05) is 12.1 Å². The van der Waals surface area contributed by atoms with E-state index in [2.05, 4.69) is 29.3 Å². The Morgan fingerprint density at radius 3 is 2.78 bits per heavy atom. The quantitative estimate of drug-likeness (QED) is 0.865. The molecule has 0 bridgehead atoms. The van der Waals surface area contributed by atoms with Crippen LogP contribution in [-0.4, -0.2) is 37.7 Å². The van der Waals surface area contributed by atoms with Crippen LogP contribution in [0.2, 0.25) is 0 Å². The van der Waals surface area contributed by atoms with Gasteiger partial charge in [-0.25, -0.2) is 0 Å². The number of rotatable bonds is 5. The summed E-state index contributed by atoms with van der Waals surface area (Å²) < 4.78 is 5.18. The van der Waals surface area contributed by atoms with Crippen molar-refractivity contribution in [3.63, 3.8) is 0 Å². The van der Waals surface area contributed by atoms with Crippen molar-refractivity contribution in [3.8, 4) is 5.75 Å². The molecule has 1 unspecified atom stereocenters. The highest BCUT2D eigenvalue weighted by Crippen LogP contribution is 2.16. The highest BCUT2D eigenvalue weighted by Gasteiger charge is 2.18. The van der Waals surface area contributed by atoms with Gasteiger partial charge in [0.05, 0.1) is 7.11 Å². The maximum Gasteiger partial charge on any atom is 0.118 e. The zero-order chi connectivity index (χ0) is 12.8. The van der Waals surface area contributed by atoms with Gasteiger partial charge in [-0.3, -0.25) is 4.90 Å². The van der Waals surface area contributed by atoms with Gasteiger partial charge < -0.3 is 10.1 Å². The maximum atomic E-state index is 5.18. The molecule has 1 atom stereocenters. The molecule has 0 aliphatic carbocycles. The lowest BCUT2D eigenvalue weighted by atomic mass is 10.0. The van der Waals surface area contributed by atoms with Crippen LogP contribution in [0.25, 0.3) is 0 Å². The molecular formula is C15H24N2O. The van der Waals surface area contributed by atoms with Crippen LogP contribution in [0.4, 0.5) is 0 Å². The van der Waals surface area contributed by atoms with Gasteiger partial charge in [0.2, 0.25) is 0 Å². The zero-order valence-corrected chi connectivity index (χ0v) is 11.5. The minimum atomic E-state index is 0.669. The molecule has 1 N–H and O–H groups in total. The van der Waals surface area contributed by atoms with Crippen LogP contribution in [0.5, 0.6) is 5.75 Å². The van der Waals surface area contributed by atoms with Crippen LogP contribution >= 0.6 is 0 Å². The molecule has 2 rings (SSSR count). The molecule has 1 aromatic rings. The first kappa shape index (κ1) is 13.4. The van der Waals surface area contributed by atoms with Gasteiger partial charge in [0.25, 0.3) is 0 Å². The van der Waals surface area contributed by atoms with E-state index in [1.54, 1.807) is 7.11 Å². The fourth-order valence-electron chi connectivity index (χ4n) is 2.64. The van der Waals surface area contributed by atoms with Gasteiger partial charge in [0.1, 0.15) is 5.75 Å². The van der Waals surface area contributed by atoms with Gasteiger partial charge in [-0.15, -0.1) is 0 Å². The summed E-state index contributed by atoms with van der Waals surface area (Å²) in [4.78, 5) is 2.54. The van der Waals surface area contributed by atoms with Crippen molar-refractivity contribution in [2.75, 3.05) is 26.7 Å². The molecule has 0 spiro atoms. The monoisotopic (exact) mass is 248 g/mol. The first-order chi connectivity index (χ1) is 8.81. The van der Waals surface area contributed by atoms with Gasteiger partial charge in [-0.2, -0.15) is 0 Å². The van der Waals surface area contributed by atoms with E-state index in [0.29, 0.717) is 6.04 Å². The summed E-state index contributed by atoms with van der Waals surface area (Å²) in [5, 5.41) is 3.56. The number of ether oxygens (including phenoxy) is 1. The van der Waals surface area contributed by atoms with Gasteiger partial charge >= 0.3 is 0 Å². The Morgan fingerprint density at radius 1 is 1.33 bits per heavy atom. The van der Waals surface area contributed by atoms with E-state index in [4.69, 9.17) is 4.74 Å². The molecule has 3 heteroatoms. The fourth-order valence-corrected chi connectivity index (χ4v) is 2.64. The molecule has 0 aromatic heterocycles. The number of hydrogen-bond donors (Lipinski definition) is 1. The molecule has 1 fully saturated rings. The first-order valence-corrected chi connectivity index (χ1v) is 6.90. The van der Waals surface area contributed by atoms with Crippen LogP contribution in [0, 0.1) is 0 Å². The van der Waals surface area contributed by atoms with E-state index in [9.17, 15) is 0 Å². The summed E-state index contributed by atoms with van der Waals surface area (Å²) in [7, 11) is 1.71. The molecule has 1 aliphatic heterocycles. The number of piperidine rings is 1. The number of likely N-dealkylation sites (N-methyl/N-ethyl adjacent to an activating group) is 1. The Balaban J connectivity index is 1.87. The maximum absolute atomic E-state index is 5.18. The van der Waals surface area contributed by atoms with Crippen molar-refractivity contribution in [1.29, 1.82) is 0 Å². The summed E-state index contributed by atoms with van der Waals surface area (Å²) in [6, 6.07) is 9.08. The number of benzene rings is 1. The molecular weight excluding hydrogens is 224 g/mol. The number of nitrogens with one attached hydrogen (secondary N) is 1. The summed E-state index contributed by atoms with van der Waals surface area (Å²) in [5.41, 5.74) is 1.37. The number of methoxy groups -OCH3 is 1. The van der Waals surface area contributed by atoms with E-state index in [0.717, 1.165) is 18.8 Å². The lowest BCUT2D eigenvalue weighted by molar-refractivity contribution is 0.184. The van der Waals surface area contributed by atoms with E-state index in [1.165, 1.54) is 31.5 Å². The molecule has 3 nitrogen and oxygen atoms in total. The Kier molecular flexibility index (Phi) is 5.02. The van der Waals surface area contributed by atoms with Crippen molar-refractivity contribution < 1.29 is 4.74 Å². The van der Waals surface area contributed by atoms with Gasteiger partial charge in [-0.05, 0) is 43.6 Å². The predicted molar refractivity (Wildman–Crippen MR) is 75.0 cm³/mol. The molecule has 1 saturated heterocycles. The highest BCUT2D eigenvalue weighted by atomic mass is 16.5. The third kappa shape index (κ3) is 3.72. The van der Waals surface area contributed by atoms with E-state index in [-0.39, 0.29) is 0 Å². The lowest BCUT2D eigenvalue weighted by Gasteiger charge is -2.33. The fraction of sp³-hybridized carbons (Fsp3) is 0.600. The molecule has 1 aromatic carbocycles. The Bertz CT molecular complexity index is 348. The van der Waals surface area contributed by atoms with Crippen molar-refractivity contribution in [1.82, 2.24) is 10.2 Å². The third-order valence-corrected chi connectivity index (χ3v) is 3.56. The smallest absolute Gasteiger partial charge is 0.118 e. The number of likely N-dealkylation sites (tertiary alicyclic amines) is 1. The van der Waals surface area contributed by atoms with Gasteiger partial charge in [0.15, 0.2) is 0 Å². The Morgan fingerprint density at radius 2 is 2.11 bits per heavy atom. The summed E-state index contributed by atoms with van der Waals surface area (Å²) in [5.74, 6) is 0.933. The largest absolute Gasteiger partial charge is 0.497 e. The second-order valence-electron chi connectivity index (χ2n) is 4.98. The molecule has 0 amide bonds. The standard InChI is InChI=1S/C15H24N2O/c1-3-16-14-5-4-10-17(12-14)11-13-6-8-15(18-2)9-7-13/h6-9,14,16H,3-5,10-12H2,1-2H3. The number of nitrogens with zero attached hydrogens (tertiary/aromatic N) is 1. The van der Waals surface area contributed by atoms with Crippen LogP contribution in [-0.2, 0) is 6.54 Å². The average Bonchev–Trinajstić information content (AvgIpc) is 2.40. The normalized spacial score (nSPS) is 20.9. The van der Waals surface area contributed by atoms with Gasteiger partial charge in [-0.1, -0.05) is 19.1 Å². The van der Waals surface area contributed by atoms with Crippen LogP contribution in [0.15, 0.2) is 24.3 Å². The molecule has 0 radical (unpaired) electrons. The average molecular weight is 248 g/mol. The van der Waals surface area contributed by atoms with Crippen molar-refractivity contribution in [2.45, 2.75) is 32.4 Å². The van der Waals surface area contributed by atoms with Crippen molar-refractivity contribution in [2.24, 2.45) is 0 Å². The zero-order valence-electron chi connectivity index (χ0n) is 11.5. The molecule has 0 saturated carbocycles. The minimum Gasteiger partial charge on any atom is -0.497 e.